The maximum absolute atomic E-state index is 13.7. The number of H-pyrrole nitrogens is 2. The Hall–Kier alpha value is -3.19. The van der Waals surface area contributed by atoms with Gasteiger partial charge in [-0.3, -0.25) is 5.10 Å². The first-order valence-corrected chi connectivity index (χ1v) is 9.27. The number of benzene rings is 2. The highest BCUT2D eigenvalue weighted by atomic mass is 19.1. The van der Waals surface area contributed by atoms with Crippen LogP contribution in [0.1, 0.15) is 35.5 Å². The van der Waals surface area contributed by atoms with Crippen LogP contribution >= 0.6 is 0 Å². The highest BCUT2D eigenvalue weighted by Crippen LogP contribution is 2.31. The van der Waals surface area contributed by atoms with Gasteiger partial charge in [0, 0.05) is 18.5 Å². The molecule has 0 bridgehead atoms. The predicted molar refractivity (Wildman–Crippen MR) is 104 cm³/mol. The molecule has 1 atom stereocenters. The maximum atomic E-state index is 13.7. The molecule has 0 saturated carbocycles. The molecule has 5 rings (SSSR count). The second-order valence-electron chi connectivity index (χ2n) is 7.22. The Labute approximate surface area is 161 Å². The summed E-state index contributed by atoms with van der Waals surface area (Å²) in [4.78, 5) is 8.01. The molecule has 2 aromatic heterocycles. The van der Waals surface area contributed by atoms with Crippen molar-refractivity contribution in [3.63, 3.8) is 0 Å². The minimum absolute atomic E-state index is 0.251. The molecule has 0 amide bonds. The van der Waals surface area contributed by atoms with Crippen molar-refractivity contribution >= 4 is 10.9 Å². The van der Waals surface area contributed by atoms with Gasteiger partial charge in [-0.1, -0.05) is 6.07 Å². The summed E-state index contributed by atoms with van der Waals surface area (Å²) in [5, 5.41) is 11.7. The average molecular weight is 377 g/mol. The average Bonchev–Trinajstić information content (AvgIpc) is 3.34. The number of nitrogens with one attached hydrogen (secondary N) is 3. The molecule has 142 valence electrons. The van der Waals surface area contributed by atoms with Crippen molar-refractivity contribution in [2.45, 2.75) is 33.0 Å². The quantitative estimate of drug-likeness (QED) is 0.499. The van der Waals surface area contributed by atoms with E-state index in [9.17, 15) is 4.39 Å². The number of ether oxygens (including phenoxy) is 1. The Balaban J connectivity index is 1.47. The number of aryl methyl sites for hydroxylation is 1. The maximum Gasteiger partial charge on any atom is 0.159 e. The Bertz CT molecular complexity index is 1140. The second kappa shape index (κ2) is 6.45. The molecule has 2 aromatic carbocycles. The van der Waals surface area contributed by atoms with Crippen molar-refractivity contribution in [3.8, 4) is 17.3 Å². The summed E-state index contributed by atoms with van der Waals surface area (Å²) in [5.74, 6) is 1.20. The smallest absolute Gasteiger partial charge is 0.159 e. The third kappa shape index (κ3) is 2.93. The van der Waals surface area contributed by atoms with E-state index >= 15 is 0 Å². The van der Waals surface area contributed by atoms with E-state index in [1.807, 2.05) is 38.1 Å². The van der Waals surface area contributed by atoms with Gasteiger partial charge in [-0.15, -0.1) is 0 Å². The third-order valence-electron chi connectivity index (χ3n) is 5.06. The largest absolute Gasteiger partial charge is 0.486 e. The predicted octanol–water partition coefficient (Wildman–Crippen LogP) is 4.14. The van der Waals surface area contributed by atoms with Gasteiger partial charge in [0.25, 0.3) is 0 Å². The lowest BCUT2D eigenvalue weighted by Crippen LogP contribution is -2.04. The Kier molecular flexibility index (Phi) is 3.91. The number of rotatable bonds is 4. The zero-order valence-corrected chi connectivity index (χ0v) is 15.6. The number of aromatic amines is 2. The Morgan fingerprint density at radius 2 is 2.04 bits per heavy atom. The fourth-order valence-electron chi connectivity index (χ4n) is 3.67. The van der Waals surface area contributed by atoms with Crippen LogP contribution in [-0.4, -0.2) is 20.2 Å². The minimum atomic E-state index is -0.277. The molecule has 0 aliphatic carbocycles. The second-order valence-corrected chi connectivity index (χ2v) is 7.22. The van der Waals surface area contributed by atoms with Crippen LogP contribution < -0.4 is 10.1 Å². The van der Waals surface area contributed by atoms with Gasteiger partial charge in [0.2, 0.25) is 0 Å². The monoisotopic (exact) mass is 377 g/mol. The standard InChI is InChI=1S/C21H20FN5O/c1-11-5-13(7-14(22)6-11)12(2)28-15-3-4-17-16(8-15)20(27-26-17)21-24-18-9-23-10-19(18)25-21/h3-8,12,23H,9-10H2,1-2H3,(H,24,25)(H,26,27). The van der Waals surface area contributed by atoms with Crippen molar-refractivity contribution in [2.24, 2.45) is 0 Å². The third-order valence-corrected chi connectivity index (χ3v) is 5.06. The van der Waals surface area contributed by atoms with E-state index in [2.05, 4.69) is 25.5 Å². The molecule has 4 aromatic rings. The minimum Gasteiger partial charge on any atom is -0.486 e. The molecule has 1 unspecified atom stereocenters. The van der Waals surface area contributed by atoms with Crippen LogP contribution in [0.4, 0.5) is 4.39 Å². The van der Waals surface area contributed by atoms with Gasteiger partial charge in [-0.2, -0.15) is 5.10 Å². The SMILES string of the molecule is Cc1cc(F)cc(C(C)Oc2ccc3[nH]nc(-c4nc5c([nH]4)CNC5)c3c2)c1. The molecule has 0 spiro atoms. The zero-order valence-electron chi connectivity index (χ0n) is 15.6. The molecule has 0 fully saturated rings. The summed E-state index contributed by atoms with van der Waals surface area (Å²) in [5.41, 5.74) is 5.50. The van der Waals surface area contributed by atoms with Crippen molar-refractivity contribution in [2.75, 3.05) is 0 Å². The first-order chi connectivity index (χ1) is 13.6. The summed E-state index contributed by atoms with van der Waals surface area (Å²) in [6.45, 7) is 5.36. The summed E-state index contributed by atoms with van der Waals surface area (Å²) < 4.78 is 19.8. The molecular weight excluding hydrogens is 357 g/mol. The molecule has 0 saturated heterocycles. The van der Waals surface area contributed by atoms with Gasteiger partial charge in [-0.25, -0.2) is 9.37 Å². The van der Waals surface area contributed by atoms with Gasteiger partial charge in [0.15, 0.2) is 5.82 Å². The van der Waals surface area contributed by atoms with Crippen molar-refractivity contribution in [1.29, 1.82) is 0 Å². The normalized spacial score (nSPS) is 14.4. The summed E-state index contributed by atoms with van der Waals surface area (Å²) in [6, 6.07) is 10.7. The lowest BCUT2D eigenvalue weighted by molar-refractivity contribution is 0.226. The summed E-state index contributed by atoms with van der Waals surface area (Å²) >= 11 is 0. The topological polar surface area (TPSA) is 78.6 Å². The Morgan fingerprint density at radius 1 is 1.14 bits per heavy atom. The van der Waals surface area contributed by atoms with Gasteiger partial charge in [0.05, 0.1) is 16.9 Å². The van der Waals surface area contributed by atoms with E-state index in [4.69, 9.17) is 4.74 Å². The van der Waals surface area contributed by atoms with Crippen LogP contribution in [0.25, 0.3) is 22.4 Å². The molecule has 6 nitrogen and oxygen atoms in total. The van der Waals surface area contributed by atoms with E-state index in [1.54, 1.807) is 0 Å². The van der Waals surface area contributed by atoms with Crippen LogP contribution in [0, 0.1) is 12.7 Å². The Morgan fingerprint density at radius 3 is 2.86 bits per heavy atom. The van der Waals surface area contributed by atoms with Crippen LogP contribution in [0.2, 0.25) is 0 Å². The lowest BCUT2D eigenvalue weighted by Gasteiger charge is -2.16. The van der Waals surface area contributed by atoms with Crippen LogP contribution in [-0.2, 0) is 13.1 Å². The molecule has 3 heterocycles. The van der Waals surface area contributed by atoms with Crippen molar-refractivity contribution in [1.82, 2.24) is 25.5 Å². The molecule has 1 aliphatic heterocycles. The molecule has 0 radical (unpaired) electrons. The van der Waals surface area contributed by atoms with E-state index in [-0.39, 0.29) is 11.9 Å². The van der Waals surface area contributed by atoms with Crippen LogP contribution in [0.5, 0.6) is 5.75 Å². The molecule has 1 aliphatic rings. The summed E-state index contributed by atoms with van der Waals surface area (Å²) in [6.07, 6.45) is -0.277. The molecule has 3 N–H and O–H groups in total. The van der Waals surface area contributed by atoms with E-state index in [0.717, 1.165) is 58.0 Å². The van der Waals surface area contributed by atoms with Crippen LogP contribution in [0.3, 0.4) is 0 Å². The molecular formula is C21H20FN5O. The van der Waals surface area contributed by atoms with Gasteiger partial charge < -0.3 is 15.0 Å². The van der Waals surface area contributed by atoms with Gasteiger partial charge >= 0.3 is 0 Å². The lowest BCUT2D eigenvalue weighted by atomic mass is 10.1. The summed E-state index contributed by atoms with van der Waals surface area (Å²) in [7, 11) is 0. The van der Waals surface area contributed by atoms with Crippen molar-refractivity contribution in [3.05, 3.63) is 64.7 Å². The highest BCUT2D eigenvalue weighted by molar-refractivity contribution is 5.92. The van der Waals surface area contributed by atoms with Crippen LogP contribution in [0.15, 0.2) is 36.4 Å². The highest BCUT2D eigenvalue weighted by Gasteiger charge is 2.19. The number of nitrogens with zero attached hydrogens (tertiary/aromatic N) is 2. The number of imidazole rings is 1. The number of hydrogen-bond acceptors (Lipinski definition) is 4. The number of halogens is 1. The van der Waals surface area contributed by atoms with E-state index < -0.39 is 0 Å². The van der Waals surface area contributed by atoms with Gasteiger partial charge in [0.1, 0.15) is 23.4 Å². The van der Waals surface area contributed by atoms with Crippen molar-refractivity contribution < 1.29 is 9.13 Å². The van der Waals surface area contributed by atoms with E-state index in [0.29, 0.717) is 5.75 Å². The molecule has 7 heteroatoms. The fourth-order valence-corrected chi connectivity index (χ4v) is 3.67. The zero-order chi connectivity index (χ0) is 19.3. The first kappa shape index (κ1) is 16.9. The fraction of sp³-hybridized carbons (Fsp3) is 0.238. The first-order valence-electron chi connectivity index (χ1n) is 9.27. The number of fused-ring (bicyclic) bond motifs is 2. The number of hydrogen-bond donors (Lipinski definition) is 3. The van der Waals surface area contributed by atoms with E-state index in [1.165, 1.54) is 12.1 Å². The molecule has 28 heavy (non-hydrogen) atoms. The van der Waals surface area contributed by atoms with Gasteiger partial charge in [-0.05, 0) is 55.3 Å². The number of aromatic nitrogens is 4.